The number of hydrogen-bond donors (Lipinski definition) is 1. The first-order valence-electron chi connectivity index (χ1n) is 6.48. The van der Waals surface area contributed by atoms with E-state index in [1.165, 1.54) is 0 Å². The number of nitrogens with one attached hydrogen (secondary N) is 1. The fourth-order valence-corrected chi connectivity index (χ4v) is 4.60. The smallest absolute Gasteiger partial charge is 0.152 e. The first-order chi connectivity index (χ1) is 9.09. The number of rotatable bonds is 2. The summed E-state index contributed by atoms with van der Waals surface area (Å²) in [6.45, 7) is 1.68. The molecule has 1 N–H and O–H groups in total. The molecule has 0 amide bonds. The van der Waals surface area contributed by atoms with E-state index in [1.807, 2.05) is 18.2 Å². The summed E-state index contributed by atoms with van der Waals surface area (Å²) < 4.78 is 28.5. The Bertz CT molecular complexity index is 586. The van der Waals surface area contributed by atoms with Crippen LogP contribution in [0.2, 0.25) is 0 Å². The van der Waals surface area contributed by atoms with Gasteiger partial charge in [-0.25, -0.2) is 8.42 Å². The molecule has 0 spiro atoms. The minimum absolute atomic E-state index is 0.110. The van der Waals surface area contributed by atoms with E-state index in [-0.39, 0.29) is 11.8 Å². The fraction of sp³-hybridized carbons (Fsp3) is 0.538. The molecular weight excluding hydrogens is 264 g/mol. The molecule has 0 saturated carbocycles. The van der Waals surface area contributed by atoms with Crippen LogP contribution in [0.25, 0.3) is 0 Å². The lowest BCUT2D eigenvalue weighted by molar-refractivity contribution is 0.415. The maximum atomic E-state index is 11.6. The van der Waals surface area contributed by atoms with Crippen molar-refractivity contribution in [2.75, 3.05) is 41.9 Å². The molecule has 6 heteroatoms. The molecule has 1 fully saturated rings. The van der Waals surface area contributed by atoms with Crippen molar-refractivity contribution in [3.05, 3.63) is 18.2 Å². The van der Waals surface area contributed by atoms with Crippen LogP contribution in [-0.2, 0) is 9.84 Å². The van der Waals surface area contributed by atoms with Crippen LogP contribution in [-0.4, -0.2) is 46.2 Å². The summed E-state index contributed by atoms with van der Waals surface area (Å²) in [7, 11) is -1.20. The largest absolute Gasteiger partial charge is 0.497 e. The highest BCUT2D eigenvalue weighted by Gasteiger charge is 2.34. The van der Waals surface area contributed by atoms with Crippen molar-refractivity contribution in [1.82, 2.24) is 0 Å². The fourth-order valence-electron chi connectivity index (χ4n) is 2.87. The average molecular weight is 282 g/mol. The van der Waals surface area contributed by atoms with Gasteiger partial charge in [0.1, 0.15) is 5.75 Å². The summed E-state index contributed by atoms with van der Waals surface area (Å²) >= 11 is 0. The summed E-state index contributed by atoms with van der Waals surface area (Å²) in [5, 5.41) is 3.34. The van der Waals surface area contributed by atoms with Gasteiger partial charge in [0.25, 0.3) is 0 Å². The van der Waals surface area contributed by atoms with Gasteiger partial charge >= 0.3 is 0 Å². The molecule has 104 valence electrons. The number of fused-ring (bicyclic) bond motifs is 1. The zero-order chi connectivity index (χ0) is 13.5. The molecule has 2 heterocycles. The van der Waals surface area contributed by atoms with Gasteiger partial charge in [-0.15, -0.1) is 0 Å². The first kappa shape index (κ1) is 12.6. The second-order valence-electron chi connectivity index (χ2n) is 5.06. The Kier molecular flexibility index (Phi) is 3.05. The molecule has 0 aromatic heterocycles. The van der Waals surface area contributed by atoms with Crippen LogP contribution in [0.4, 0.5) is 11.4 Å². The van der Waals surface area contributed by atoms with Crippen LogP contribution in [0, 0.1) is 0 Å². The monoisotopic (exact) mass is 282 g/mol. The molecule has 2 aliphatic rings. The topological polar surface area (TPSA) is 58.6 Å². The zero-order valence-corrected chi connectivity index (χ0v) is 11.7. The predicted molar refractivity (Wildman–Crippen MR) is 75.9 cm³/mol. The van der Waals surface area contributed by atoms with Gasteiger partial charge in [-0.3, -0.25) is 0 Å². The lowest BCUT2D eigenvalue weighted by Crippen LogP contribution is -2.42. The number of ether oxygens (including phenoxy) is 1. The highest BCUT2D eigenvalue weighted by molar-refractivity contribution is 7.91. The summed E-state index contributed by atoms with van der Waals surface area (Å²) in [5.74, 6) is 1.40. The van der Waals surface area contributed by atoms with Crippen molar-refractivity contribution >= 4 is 21.2 Å². The van der Waals surface area contributed by atoms with E-state index in [9.17, 15) is 8.42 Å². The molecule has 1 unspecified atom stereocenters. The van der Waals surface area contributed by atoms with Gasteiger partial charge in [-0.05, 0) is 18.6 Å². The van der Waals surface area contributed by atoms with Gasteiger partial charge in [-0.2, -0.15) is 0 Å². The number of benzene rings is 1. The number of hydrogen-bond acceptors (Lipinski definition) is 5. The van der Waals surface area contributed by atoms with Crippen LogP contribution in [0.15, 0.2) is 18.2 Å². The highest BCUT2D eigenvalue weighted by Crippen LogP contribution is 2.35. The molecule has 1 saturated heterocycles. The second kappa shape index (κ2) is 4.59. The van der Waals surface area contributed by atoms with Gasteiger partial charge < -0.3 is 15.0 Å². The predicted octanol–water partition coefficient (Wildman–Crippen LogP) is 1.11. The van der Waals surface area contributed by atoms with E-state index in [1.54, 1.807) is 7.11 Å². The van der Waals surface area contributed by atoms with Crippen molar-refractivity contribution in [3.63, 3.8) is 0 Å². The van der Waals surface area contributed by atoms with E-state index < -0.39 is 9.84 Å². The minimum Gasteiger partial charge on any atom is -0.497 e. The SMILES string of the molecule is COc1ccc2c(c1)NCCN2C1CCS(=O)(=O)C1. The van der Waals surface area contributed by atoms with E-state index in [0.29, 0.717) is 5.75 Å². The molecule has 1 atom stereocenters. The van der Waals surface area contributed by atoms with Crippen LogP contribution in [0.3, 0.4) is 0 Å². The molecule has 0 radical (unpaired) electrons. The van der Waals surface area contributed by atoms with Crippen LogP contribution >= 0.6 is 0 Å². The number of nitrogens with zero attached hydrogens (tertiary/aromatic N) is 1. The lowest BCUT2D eigenvalue weighted by Gasteiger charge is -2.36. The molecule has 1 aromatic carbocycles. The third kappa shape index (κ3) is 2.36. The Morgan fingerprint density at radius 3 is 2.95 bits per heavy atom. The second-order valence-corrected chi connectivity index (χ2v) is 7.29. The standard InChI is InChI=1S/C13H18N2O3S/c1-18-11-2-3-13-12(8-11)14-5-6-15(13)10-4-7-19(16,17)9-10/h2-3,8,10,14H,4-7,9H2,1H3. The molecule has 3 rings (SSSR count). The lowest BCUT2D eigenvalue weighted by atomic mass is 10.1. The van der Waals surface area contributed by atoms with Crippen LogP contribution in [0.5, 0.6) is 5.75 Å². The molecule has 0 aliphatic carbocycles. The first-order valence-corrected chi connectivity index (χ1v) is 8.30. The quantitative estimate of drug-likeness (QED) is 0.880. The van der Waals surface area contributed by atoms with Crippen molar-refractivity contribution in [2.24, 2.45) is 0 Å². The summed E-state index contributed by atoms with van der Waals surface area (Å²) in [5.41, 5.74) is 2.10. The van der Waals surface area contributed by atoms with Gasteiger partial charge in [0.15, 0.2) is 9.84 Å². The zero-order valence-electron chi connectivity index (χ0n) is 10.9. The van der Waals surface area contributed by atoms with Gasteiger partial charge in [0.05, 0.1) is 30.0 Å². The van der Waals surface area contributed by atoms with Crippen molar-refractivity contribution in [1.29, 1.82) is 0 Å². The van der Waals surface area contributed by atoms with Crippen molar-refractivity contribution in [2.45, 2.75) is 12.5 Å². The third-order valence-electron chi connectivity index (χ3n) is 3.83. The third-order valence-corrected chi connectivity index (χ3v) is 5.58. The van der Waals surface area contributed by atoms with Crippen LogP contribution < -0.4 is 15.0 Å². The van der Waals surface area contributed by atoms with Gasteiger partial charge in [-0.1, -0.05) is 0 Å². The molecule has 5 nitrogen and oxygen atoms in total. The number of anilines is 2. The Balaban J connectivity index is 1.90. The molecule has 2 aliphatic heterocycles. The maximum absolute atomic E-state index is 11.6. The molecule has 1 aromatic rings. The van der Waals surface area contributed by atoms with E-state index in [0.717, 1.165) is 36.6 Å². The maximum Gasteiger partial charge on any atom is 0.152 e. The Morgan fingerprint density at radius 1 is 1.42 bits per heavy atom. The number of methoxy groups -OCH3 is 1. The highest BCUT2D eigenvalue weighted by atomic mass is 32.2. The molecule has 0 bridgehead atoms. The van der Waals surface area contributed by atoms with Gasteiger partial charge in [0.2, 0.25) is 0 Å². The van der Waals surface area contributed by atoms with Gasteiger partial charge in [0, 0.05) is 25.2 Å². The Labute approximate surface area is 113 Å². The Morgan fingerprint density at radius 2 is 2.26 bits per heavy atom. The summed E-state index contributed by atoms with van der Waals surface area (Å²) in [6, 6.07) is 6.00. The Hall–Kier alpha value is -1.43. The minimum atomic E-state index is -2.85. The summed E-state index contributed by atoms with van der Waals surface area (Å²) in [4.78, 5) is 2.22. The van der Waals surface area contributed by atoms with Crippen molar-refractivity contribution in [3.8, 4) is 5.75 Å². The normalized spacial score (nSPS) is 24.7. The van der Waals surface area contributed by atoms with Crippen LogP contribution in [0.1, 0.15) is 6.42 Å². The van der Waals surface area contributed by atoms with Crippen molar-refractivity contribution < 1.29 is 13.2 Å². The molecule has 19 heavy (non-hydrogen) atoms. The van der Waals surface area contributed by atoms with E-state index in [2.05, 4.69) is 10.2 Å². The molecular formula is C13H18N2O3S. The van der Waals surface area contributed by atoms with E-state index in [4.69, 9.17) is 4.74 Å². The number of sulfone groups is 1. The average Bonchev–Trinajstić information content (AvgIpc) is 2.77. The van der Waals surface area contributed by atoms with E-state index >= 15 is 0 Å². The summed E-state index contributed by atoms with van der Waals surface area (Å²) in [6.07, 6.45) is 0.730.